The van der Waals surface area contributed by atoms with Crippen molar-refractivity contribution in [2.45, 2.75) is 24.7 Å². The first-order valence-electron chi connectivity index (χ1n) is 11.9. The summed E-state index contributed by atoms with van der Waals surface area (Å²) in [6.07, 6.45) is 2.06. The number of likely N-dealkylation sites (tertiary alicyclic amines) is 1. The lowest BCUT2D eigenvalue weighted by Gasteiger charge is -2.37. The number of carbonyl (C=O) groups is 1. The van der Waals surface area contributed by atoms with Gasteiger partial charge in [0.15, 0.2) is 11.6 Å². The van der Waals surface area contributed by atoms with Crippen LogP contribution in [0.15, 0.2) is 60.7 Å². The van der Waals surface area contributed by atoms with Gasteiger partial charge in [-0.05, 0) is 72.3 Å². The van der Waals surface area contributed by atoms with Gasteiger partial charge in [-0.2, -0.15) is 0 Å². The highest BCUT2D eigenvalue weighted by Gasteiger charge is 2.49. The molecule has 3 aromatic carbocycles. The lowest BCUT2D eigenvalue weighted by Crippen LogP contribution is -2.49. The number of hydrogen-bond donors (Lipinski definition) is 1. The van der Waals surface area contributed by atoms with E-state index in [-0.39, 0.29) is 11.7 Å². The van der Waals surface area contributed by atoms with Gasteiger partial charge in [-0.3, -0.25) is 4.79 Å². The van der Waals surface area contributed by atoms with Crippen LogP contribution in [-0.4, -0.2) is 37.0 Å². The van der Waals surface area contributed by atoms with Crippen LogP contribution in [0.5, 0.6) is 5.75 Å². The zero-order valence-electron chi connectivity index (χ0n) is 19.3. The molecular formula is C28H27F3N2O2. The molecule has 1 unspecified atom stereocenters. The molecule has 1 atom stereocenters. The molecule has 0 bridgehead atoms. The Morgan fingerprint density at radius 1 is 1.00 bits per heavy atom. The first-order valence-corrected chi connectivity index (χ1v) is 11.9. The second-order valence-corrected chi connectivity index (χ2v) is 9.39. The van der Waals surface area contributed by atoms with E-state index in [1.54, 1.807) is 24.3 Å². The Balaban J connectivity index is 1.41. The summed E-state index contributed by atoms with van der Waals surface area (Å²) in [5, 5.41) is 0. The Labute approximate surface area is 202 Å². The minimum atomic E-state index is -1.23. The normalized spacial score (nSPS) is 17.9. The van der Waals surface area contributed by atoms with Gasteiger partial charge in [0, 0.05) is 25.1 Å². The highest BCUT2D eigenvalue weighted by molar-refractivity contribution is 5.91. The van der Waals surface area contributed by atoms with E-state index < -0.39 is 23.0 Å². The Bertz CT molecular complexity index is 1180. The van der Waals surface area contributed by atoms with Crippen molar-refractivity contribution in [3.8, 4) is 5.75 Å². The number of nitrogens with two attached hydrogens (primary N) is 1. The number of carbonyl (C=O) groups excluding carboxylic acids is 1. The quantitative estimate of drug-likeness (QED) is 0.546. The number of fused-ring (bicyclic) bond motifs is 1. The fourth-order valence-electron chi connectivity index (χ4n) is 5.69. The van der Waals surface area contributed by atoms with E-state index in [0.29, 0.717) is 55.8 Å². The van der Waals surface area contributed by atoms with Crippen molar-refractivity contribution in [2.24, 2.45) is 11.7 Å². The smallest absolute Gasteiger partial charge is 0.232 e. The molecule has 5 rings (SSSR count). The van der Waals surface area contributed by atoms with Gasteiger partial charge in [0.05, 0.1) is 6.61 Å². The number of ether oxygens (including phenoxy) is 1. The van der Waals surface area contributed by atoms with E-state index in [9.17, 15) is 18.0 Å². The summed E-state index contributed by atoms with van der Waals surface area (Å²) in [5.41, 5.74) is 7.83. The number of hydrogen-bond acceptors (Lipinski definition) is 3. The first kappa shape index (κ1) is 23.4. The van der Waals surface area contributed by atoms with Gasteiger partial charge in [-0.15, -0.1) is 0 Å². The van der Waals surface area contributed by atoms with Crippen LogP contribution < -0.4 is 10.5 Å². The van der Waals surface area contributed by atoms with E-state index in [2.05, 4.69) is 4.90 Å². The summed E-state index contributed by atoms with van der Waals surface area (Å²) in [5.74, 6) is -1.53. The molecule has 0 aromatic heterocycles. The molecule has 0 spiro atoms. The predicted octanol–water partition coefficient (Wildman–Crippen LogP) is 4.37. The van der Waals surface area contributed by atoms with Crippen molar-refractivity contribution in [2.75, 3.05) is 26.2 Å². The lowest BCUT2D eigenvalue weighted by atomic mass is 9.64. The molecule has 0 radical (unpaired) electrons. The average Bonchev–Trinajstić information content (AvgIpc) is 3.51. The first-order chi connectivity index (χ1) is 16.9. The minimum absolute atomic E-state index is 0.193. The Hall–Kier alpha value is -3.32. The molecule has 0 aliphatic carbocycles. The fraction of sp³-hybridized carbons (Fsp3) is 0.321. The molecule has 1 amide bonds. The number of amides is 1. The fourth-order valence-corrected chi connectivity index (χ4v) is 5.69. The van der Waals surface area contributed by atoms with Crippen molar-refractivity contribution >= 4 is 5.91 Å². The van der Waals surface area contributed by atoms with E-state index in [4.69, 9.17) is 10.5 Å². The van der Waals surface area contributed by atoms with Gasteiger partial charge >= 0.3 is 0 Å². The molecule has 182 valence electrons. The summed E-state index contributed by atoms with van der Waals surface area (Å²) < 4.78 is 47.2. The molecule has 35 heavy (non-hydrogen) atoms. The van der Waals surface area contributed by atoms with E-state index in [1.807, 2.05) is 6.07 Å². The van der Waals surface area contributed by atoms with E-state index in [1.165, 1.54) is 30.3 Å². The average molecular weight is 481 g/mol. The monoisotopic (exact) mass is 480 g/mol. The van der Waals surface area contributed by atoms with Crippen LogP contribution in [0, 0.1) is 23.4 Å². The van der Waals surface area contributed by atoms with Crippen LogP contribution in [-0.2, 0) is 23.1 Å². The van der Waals surface area contributed by atoms with Crippen molar-refractivity contribution in [3.63, 3.8) is 0 Å². The molecule has 2 heterocycles. The molecule has 2 aliphatic rings. The molecule has 3 aromatic rings. The predicted molar refractivity (Wildman–Crippen MR) is 127 cm³/mol. The van der Waals surface area contributed by atoms with Gasteiger partial charge in [0.25, 0.3) is 0 Å². The summed E-state index contributed by atoms with van der Waals surface area (Å²) in [7, 11) is 0. The van der Waals surface area contributed by atoms with E-state index in [0.717, 1.165) is 17.7 Å². The van der Waals surface area contributed by atoms with Crippen LogP contribution in [0.2, 0.25) is 0 Å². The maximum Gasteiger partial charge on any atom is 0.232 e. The summed E-state index contributed by atoms with van der Waals surface area (Å²) in [6, 6.07) is 15.1. The van der Waals surface area contributed by atoms with Gasteiger partial charge in [-0.1, -0.05) is 30.3 Å². The lowest BCUT2D eigenvalue weighted by molar-refractivity contribution is -0.123. The van der Waals surface area contributed by atoms with Crippen LogP contribution in [0.1, 0.15) is 28.7 Å². The number of benzene rings is 3. The highest BCUT2D eigenvalue weighted by atomic mass is 19.1. The highest BCUT2D eigenvalue weighted by Crippen LogP contribution is 2.44. The van der Waals surface area contributed by atoms with Crippen LogP contribution in [0.25, 0.3) is 0 Å². The molecule has 1 saturated heterocycles. The third kappa shape index (κ3) is 4.29. The van der Waals surface area contributed by atoms with E-state index >= 15 is 0 Å². The van der Waals surface area contributed by atoms with Gasteiger partial charge in [0.2, 0.25) is 5.91 Å². The second kappa shape index (κ2) is 9.38. The number of rotatable bonds is 7. The maximum atomic E-state index is 14.3. The minimum Gasteiger partial charge on any atom is -0.490 e. The second-order valence-electron chi connectivity index (χ2n) is 9.39. The van der Waals surface area contributed by atoms with Crippen LogP contribution >= 0.6 is 0 Å². The molecule has 2 N–H and O–H groups in total. The molecule has 4 nitrogen and oxygen atoms in total. The maximum absolute atomic E-state index is 14.3. The Morgan fingerprint density at radius 2 is 1.63 bits per heavy atom. The number of primary amides is 1. The largest absolute Gasteiger partial charge is 0.490 e. The van der Waals surface area contributed by atoms with Crippen LogP contribution in [0.4, 0.5) is 13.2 Å². The van der Waals surface area contributed by atoms with Gasteiger partial charge < -0.3 is 15.4 Å². The van der Waals surface area contributed by atoms with Crippen molar-refractivity contribution in [3.05, 3.63) is 100 Å². The number of halogens is 3. The SMILES string of the molecule is NC(=O)C(c1ccc(F)cc1)(c1ccc(F)cc1)C1CCN(CCc2cc(F)c3c(c2)CCO3)C1. The molecule has 7 heteroatoms. The third-order valence-corrected chi connectivity index (χ3v) is 7.39. The molecule has 2 aliphatic heterocycles. The van der Waals surface area contributed by atoms with Crippen molar-refractivity contribution in [1.29, 1.82) is 0 Å². The Kier molecular flexibility index (Phi) is 6.28. The Morgan fingerprint density at radius 3 is 2.23 bits per heavy atom. The topological polar surface area (TPSA) is 55.6 Å². The zero-order valence-corrected chi connectivity index (χ0v) is 19.3. The van der Waals surface area contributed by atoms with Crippen LogP contribution in [0.3, 0.4) is 0 Å². The summed E-state index contributed by atoms with van der Waals surface area (Å²) in [6.45, 7) is 2.51. The number of nitrogens with zero attached hydrogens (tertiary/aromatic N) is 1. The molecule has 0 saturated carbocycles. The van der Waals surface area contributed by atoms with Gasteiger partial charge in [-0.25, -0.2) is 13.2 Å². The summed E-state index contributed by atoms with van der Waals surface area (Å²) >= 11 is 0. The van der Waals surface area contributed by atoms with Crippen molar-refractivity contribution < 1.29 is 22.7 Å². The standard InChI is InChI=1S/C28H27F3N2O2/c29-23-5-1-20(2-6-23)28(27(32)34,21-3-7-24(30)8-4-21)22-10-13-33(17-22)12-9-18-15-19-11-14-35-26(19)25(31)16-18/h1-8,15-16,22H,9-14,17H2,(H2,32,34). The zero-order chi connectivity index (χ0) is 24.6. The molecular weight excluding hydrogens is 453 g/mol. The van der Waals surface area contributed by atoms with Crippen molar-refractivity contribution in [1.82, 2.24) is 4.90 Å². The summed E-state index contributed by atoms with van der Waals surface area (Å²) in [4.78, 5) is 15.4. The molecule has 1 fully saturated rings. The third-order valence-electron chi connectivity index (χ3n) is 7.39. The van der Waals surface area contributed by atoms with Gasteiger partial charge in [0.1, 0.15) is 17.0 Å².